The molecular formula is C16H18F3N5O2. The number of hydrogen-bond acceptors (Lipinski definition) is 6. The molecule has 2 aromatic rings. The number of aliphatic hydroxyl groups excluding tert-OH is 1. The summed E-state index contributed by atoms with van der Waals surface area (Å²) in [5.41, 5.74) is 0.261. The van der Waals surface area contributed by atoms with Gasteiger partial charge in [0.05, 0.1) is 6.61 Å². The maximum absolute atomic E-state index is 13.1. The summed E-state index contributed by atoms with van der Waals surface area (Å²) in [6.07, 6.45) is -3.92. The first-order valence-corrected chi connectivity index (χ1v) is 7.69. The Balaban J connectivity index is 2.16. The standard InChI is InChI=1S/C16H18F3N5O2/c1-10(26)20-6-7-21-14-13(16(17,18)19)8-22-15(24-14)23-12-4-2-11(9-25)3-5-12/h2-5,8,25H,6-7,9H2,1H3,(H,20,26)(H2,21,22,23,24). The van der Waals surface area contributed by atoms with Gasteiger partial charge in [-0.2, -0.15) is 18.2 Å². The van der Waals surface area contributed by atoms with E-state index in [1.54, 1.807) is 24.3 Å². The number of alkyl halides is 3. The summed E-state index contributed by atoms with van der Waals surface area (Å²) in [6, 6.07) is 6.63. The fourth-order valence-corrected chi connectivity index (χ4v) is 2.03. The summed E-state index contributed by atoms with van der Waals surface area (Å²) in [5.74, 6) is -0.677. The van der Waals surface area contributed by atoms with Gasteiger partial charge in [-0.15, -0.1) is 0 Å². The van der Waals surface area contributed by atoms with Gasteiger partial charge in [0.2, 0.25) is 11.9 Å². The molecular weight excluding hydrogens is 351 g/mol. The summed E-state index contributed by atoms with van der Waals surface area (Å²) in [7, 11) is 0. The molecule has 0 fully saturated rings. The van der Waals surface area contributed by atoms with Crippen LogP contribution in [0.25, 0.3) is 0 Å². The van der Waals surface area contributed by atoms with Crippen LogP contribution in [0.1, 0.15) is 18.1 Å². The fraction of sp³-hybridized carbons (Fsp3) is 0.312. The topological polar surface area (TPSA) is 99.2 Å². The van der Waals surface area contributed by atoms with Crippen LogP contribution in [-0.2, 0) is 17.6 Å². The first kappa shape index (κ1) is 19.4. The van der Waals surface area contributed by atoms with Crippen molar-refractivity contribution in [1.82, 2.24) is 15.3 Å². The molecule has 1 heterocycles. The number of halogens is 3. The predicted octanol–water partition coefficient (Wildman–Crippen LogP) is 2.28. The molecule has 0 aliphatic rings. The molecule has 140 valence electrons. The van der Waals surface area contributed by atoms with Gasteiger partial charge in [0.15, 0.2) is 0 Å². The molecule has 0 unspecified atom stereocenters. The minimum Gasteiger partial charge on any atom is -0.392 e. The second-order valence-electron chi connectivity index (χ2n) is 5.34. The lowest BCUT2D eigenvalue weighted by Gasteiger charge is -2.15. The van der Waals surface area contributed by atoms with E-state index < -0.39 is 11.7 Å². The van der Waals surface area contributed by atoms with Gasteiger partial charge in [0.1, 0.15) is 11.4 Å². The van der Waals surface area contributed by atoms with Gasteiger partial charge in [-0.3, -0.25) is 4.79 Å². The van der Waals surface area contributed by atoms with Crippen LogP contribution in [0, 0.1) is 0 Å². The third-order valence-electron chi connectivity index (χ3n) is 3.28. The highest BCUT2D eigenvalue weighted by atomic mass is 19.4. The van der Waals surface area contributed by atoms with Gasteiger partial charge in [-0.25, -0.2) is 4.98 Å². The van der Waals surface area contributed by atoms with Crippen molar-refractivity contribution in [3.63, 3.8) is 0 Å². The SMILES string of the molecule is CC(=O)NCCNc1nc(Nc2ccc(CO)cc2)ncc1C(F)(F)F. The van der Waals surface area contributed by atoms with E-state index in [1.165, 1.54) is 6.92 Å². The Kier molecular flexibility index (Phi) is 6.34. The van der Waals surface area contributed by atoms with Crippen LogP contribution < -0.4 is 16.0 Å². The molecule has 1 aromatic heterocycles. The number of nitrogens with one attached hydrogen (secondary N) is 3. The number of aliphatic hydroxyl groups is 1. The quantitative estimate of drug-likeness (QED) is 0.559. The van der Waals surface area contributed by atoms with Gasteiger partial charge in [0, 0.05) is 31.9 Å². The van der Waals surface area contributed by atoms with E-state index in [2.05, 4.69) is 25.9 Å². The zero-order chi connectivity index (χ0) is 19.2. The second kappa shape index (κ2) is 8.48. The Morgan fingerprint density at radius 1 is 1.19 bits per heavy atom. The Labute approximate surface area is 147 Å². The summed E-state index contributed by atoms with van der Waals surface area (Å²) >= 11 is 0. The van der Waals surface area contributed by atoms with Crippen molar-refractivity contribution in [3.8, 4) is 0 Å². The highest BCUT2D eigenvalue weighted by Gasteiger charge is 2.35. The summed E-state index contributed by atoms with van der Waals surface area (Å²) in [5, 5.41) is 16.9. The second-order valence-corrected chi connectivity index (χ2v) is 5.34. The van der Waals surface area contributed by atoms with Crippen LogP contribution in [0.15, 0.2) is 30.5 Å². The number of anilines is 3. The third kappa shape index (κ3) is 5.59. The number of carbonyl (C=O) groups is 1. The lowest BCUT2D eigenvalue weighted by molar-refractivity contribution is -0.137. The molecule has 0 aliphatic heterocycles. The first-order valence-electron chi connectivity index (χ1n) is 7.69. The van der Waals surface area contributed by atoms with Crippen LogP contribution in [0.5, 0.6) is 0 Å². The van der Waals surface area contributed by atoms with E-state index in [0.717, 1.165) is 0 Å². The molecule has 0 saturated heterocycles. The molecule has 1 aromatic carbocycles. The van der Waals surface area contributed by atoms with Gasteiger partial charge >= 0.3 is 6.18 Å². The van der Waals surface area contributed by atoms with Crippen LogP contribution in [0.3, 0.4) is 0 Å². The Morgan fingerprint density at radius 3 is 2.46 bits per heavy atom. The molecule has 0 spiro atoms. The zero-order valence-corrected chi connectivity index (χ0v) is 13.9. The zero-order valence-electron chi connectivity index (χ0n) is 13.9. The molecule has 26 heavy (non-hydrogen) atoms. The molecule has 0 bridgehead atoms. The van der Waals surface area contributed by atoms with Crippen LogP contribution in [-0.4, -0.2) is 34.1 Å². The Morgan fingerprint density at radius 2 is 1.88 bits per heavy atom. The molecule has 0 radical (unpaired) electrons. The lowest BCUT2D eigenvalue weighted by Crippen LogP contribution is -2.27. The van der Waals surface area contributed by atoms with E-state index in [4.69, 9.17) is 5.11 Å². The van der Waals surface area contributed by atoms with Crippen LogP contribution in [0.4, 0.5) is 30.6 Å². The Hall–Kier alpha value is -2.88. The van der Waals surface area contributed by atoms with E-state index in [1.807, 2.05) is 0 Å². The van der Waals surface area contributed by atoms with E-state index in [0.29, 0.717) is 17.4 Å². The van der Waals surface area contributed by atoms with Crippen molar-refractivity contribution in [1.29, 1.82) is 0 Å². The largest absolute Gasteiger partial charge is 0.421 e. The van der Waals surface area contributed by atoms with Crippen molar-refractivity contribution in [3.05, 3.63) is 41.6 Å². The van der Waals surface area contributed by atoms with E-state index in [9.17, 15) is 18.0 Å². The predicted molar refractivity (Wildman–Crippen MR) is 89.9 cm³/mol. The number of amides is 1. The lowest BCUT2D eigenvalue weighted by atomic mass is 10.2. The van der Waals surface area contributed by atoms with Gasteiger partial charge in [-0.1, -0.05) is 12.1 Å². The smallest absolute Gasteiger partial charge is 0.392 e. The molecule has 4 N–H and O–H groups in total. The average molecular weight is 369 g/mol. The van der Waals surface area contributed by atoms with Crippen molar-refractivity contribution in [2.45, 2.75) is 19.7 Å². The fourth-order valence-electron chi connectivity index (χ4n) is 2.03. The average Bonchev–Trinajstić information content (AvgIpc) is 2.58. The number of hydrogen-bond donors (Lipinski definition) is 4. The summed E-state index contributed by atoms with van der Waals surface area (Å²) < 4.78 is 39.3. The molecule has 0 aliphatic carbocycles. The van der Waals surface area contributed by atoms with Crippen molar-refractivity contribution >= 4 is 23.4 Å². The molecule has 7 nitrogen and oxygen atoms in total. The molecule has 0 saturated carbocycles. The maximum atomic E-state index is 13.1. The number of rotatable bonds is 7. The van der Waals surface area contributed by atoms with Gasteiger partial charge in [-0.05, 0) is 17.7 Å². The van der Waals surface area contributed by atoms with Crippen LogP contribution >= 0.6 is 0 Å². The minimum absolute atomic E-state index is 0.0169. The number of benzene rings is 1. The maximum Gasteiger partial charge on any atom is 0.421 e. The van der Waals surface area contributed by atoms with E-state index >= 15 is 0 Å². The number of nitrogens with zero attached hydrogens (tertiary/aromatic N) is 2. The summed E-state index contributed by atoms with van der Waals surface area (Å²) in [4.78, 5) is 18.4. The minimum atomic E-state index is -4.61. The third-order valence-corrected chi connectivity index (χ3v) is 3.28. The molecule has 10 heteroatoms. The monoisotopic (exact) mass is 369 g/mol. The van der Waals surface area contributed by atoms with Crippen molar-refractivity contribution in [2.24, 2.45) is 0 Å². The Bertz CT molecular complexity index is 751. The van der Waals surface area contributed by atoms with Crippen molar-refractivity contribution < 1.29 is 23.1 Å². The van der Waals surface area contributed by atoms with Gasteiger partial charge in [0.25, 0.3) is 0 Å². The number of aromatic nitrogens is 2. The normalized spacial score (nSPS) is 11.1. The highest BCUT2D eigenvalue weighted by Crippen LogP contribution is 2.34. The highest BCUT2D eigenvalue weighted by molar-refractivity contribution is 5.72. The molecule has 0 atom stereocenters. The van der Waals surface area contributed by atoms with Gasteiger partial charge < -0.3 is 21.1 Å². The number of carbonyl (C=O) groups excluding carboxylic acids is 1. The molecule has 2 rings (SSSR count). The van der Waals surface area contributed by atoms with Crippen LogP contribution in [0.2, 0.25) is 0 Å². The summed E-state index contributed by atoms with van der Waals surface area (Å²) in [6.45, 7) is 1.43. The van der Waals surface area contributed by atoms with Crippen molar-refractivity contribution in [2.75, 3.05) is 23.7 Å². The first-order chi connectivity index (χ1) is 12.3. The molecule has 1 amide bonds. The van der Waals surface area contributed by atoms with E-state index in [-0.39, 0.29) is 37.4 Å².